The van der Waals surface area contributed by atoms with Gasteiger partial charge in [0.25, 0.3) is 12.3 Å². The zero-order valence-corrected chi connectivity index (χ0v) is 20.9. The summed E-state index contributed by atoms with van der Waals surface area (Å²) in [7, 11) is 2.45. The van der Waals surface area contributed by atoms with Gasteiger partial charge in [-0.1, -0.05) is 11.6 Å². The van der Waals surface area contributed by atoms with E-state index in [4.69, 9.17) is 16.4 Å². The van der Waals surface area contributed by atoms with Crippen LogP contribution in [0.2, 0.25) is 5.02 Å². The Balaban J connectivity index is 1.76. The molecular weight excluding hydrogens is 524 g/mol. The summed E-state index contributed by atoms with van der Waals surface area (Å²) in [6.45, 7) is 1.02. The number of anilines is 1. The fraction of sp³-hybridized carbons (Fsp3) is 0.455. The van der Waals surface area contributed by atoms with Gasteiger partial charge in [-0.15, -0.1) is 0 Å². The molecule has 0 spiro atoms. The number of benzene rings is 1. The Kier molecular flexibility index (Phi) is 8.97. The highest BCUT2D eigenvalue weighted by Gasteiger charge is 2.31. The number of hydrogen-bond donors (Lipinski definition) is 1. The molecule has 1 unspecified atom stereocenters. The molecule has 15 heteroatoms. The molecule has 3 rings (SSSR count). The summed E-state index contributed by atoms with van der Waals surface area (Å²) in [5.74, 6) is -2.82. The molecule has 1 N–H and O–H groups in total. The smallest absolute Gasteiger partial charge is 0.322 e. The van der Waals surface area contributed by atoms with E-state index in [-0.39, 0.29) is 25.3 Å². The van der Waals surface area contributed by atoms with E-state index in [1.54, 1.807) is 6.92 Å². The number of carbonyl (C=O) groups excluding carboxylic acids is 3. The SMILES string of the molecule is Cc1c2c(nn1CC(ON(C)C=O)C(=O)N(C)CC(F)F)CCN(C(=O)Nc1ccc(F)c(Cl)c1F)C2. The van der Waals surface area contributed by atoms with Crippen LogP contribution in [0.25, 0.3) is 0 Å². The Morgan fingerprint density at radius 2 is 2.00 bits per heavy atom. The van der Waals surface area contributed by atoms with Gasteiger partial charge in [0.1, 0.15) is 10.8 Å². The molecule has 1 aliphatic rings. The van der Waals surface area contributed by atoms with E-state index in [0.717, 1.165) is 22.1 Å². The van der Waals surface area contributed by atoms with Crippen molar-refractivity contribution in [3.05, 3.63) is 45.7 Å². The summed E-state index contributed by atoms with van der Waals surface area (Å²) in [6.07, 6.45) is -3.43. The third-order valence-electron chi connectivity index (χ3n) is 5.79. The van der Waals surface area contributed by atoms with Gasteiger partial charge in [0.05, 0.1) is 31.0 Å². The predicted molar refractivity (Wildman–Crippen MR) is 124 cm³/mol. The lowest BCUT2D eigenvalue weighted by atomic mass is 10.1. The van der Waals surface area contributed by atoms with E-state index in [9.17, 15) is 31.9 Å². The number of halogens is 5. The number of likely N-dealkylation sites (N-methyl/N-ethyl adjacent to an activating group) is 1. The Bertz CT molecular complexity index is 1180. The number of urea groups is 1. The summed E-state index contributed by atoms with van der Waals surface area (Å²) < 4.78 is 54.6. The molecule has 0 bridgehead atoms. The van der Waals surface area contributed by atoms with E-state index in [0.29, 0.717) is 29.8 Å². The first-order valence-corrected chi connectivity index (χ1v) is 11.4. The van der Waals surface area contributed by atoms with Gasteiger partial charge >= 0.3 is 6.03 Å². The van der Waals surface area contributed by atoms with Crippen molar-refractivity contribution in [2.24, 2.45) is 0 Å². The molecule has 1 atom stereocenters. The van der Waals surface area contributed by atoms with Gasteiger partial charge in [-0.25, -0.2) is 27.4 Å². The molecule has 2 aromatic rings. The van der Waals surface area contributed by atoms with E-state index in [1.165, 1.54) is 23.7 Å². The van der Waals surface area contributed by atoms with Crippen LogP contribution in [0, 0.1) is 18.6 Å². The number of carbonyl (C=O) groups is 3. The fourth-order valence-corrected chi connectivity index (χ4v) is 3.98. The van der Waals surface area contributed by atoms with Crippen molar-refractivity contribution in [2.75, 3.05) is 32.5 Å². The lowest BCUT2D eigenvalue weighted by Crippen LogP contribution is -2.45. The van der Waals surface area contributed by atoms with Gasteiger partial charge in [-0.2, -0.15) is 5.10 Å². The number of amides is 4. The van der Waals surface area contributed by atoms with Gasteiger partial charge < -0.3 is 15.1 Å². The Labute approximate surface area is 214 Å². The number of hydrogen-bond acceptors (Lipinski definition) is 5. The van der Waals surface area contributed by atoms with Crippen molar-refractivity contribution in [3.63, 3.8) is 0 Å². The predicted octanol–water partition coefficient (Wildman–Crippen LogP) is 2.83. The van der Waals surface area contributed by atoms with Gasteiger partial charge in [0.15, 0.2) is 11.9 Å². The maximum atomic E-state index is 14.2. The van der Waals surface area contributed by atoms with Crippen LogP contribution < -0.4 is 5.32 Å². The highest BCUT2D eigenvalue weighted by atomic mass is 35.5. The van der Waals surface area contributed by atoms with Crippen molar-refractivity contribution >= 4 is 35.6 Å². The van der Waals surface area contributed by atoms with Crippen molar-refractivity contribution in [1.82, 2.24) is 24.6 Å². The standard InChI is InChI=1S/C22H25ClF4N6O4/c1-12-13-8-32(22(36)28-16-5-4-14(24)19(23)20(16)27)7-6-15(13)29-33(12)9-17(37-31(3)11-34)21(35)30(2)10-18(25)26/h4-5,11,17-18H,6-10H2,1-3H3,(H,28,36). The van der Waals surface area contributed by atoms with Crippen LogP contribution in [0.15, 0.2) is 12.1 Å². The van der Waals surface area contributed by atoms with Crippen molar-refractivity contribution < 1.29 is 36.8 Å². The molecule has 1 aromatic heterocycles. The number of aromatic nitrogens is 2. The summed E-state index contributed by atoms with van der Waals surface area (Å²) >= 11 is 5.57. The first-order chi connectivity index (χ1) is 17.4. The van der Waals surface area contributed by atoms with E-state index < -0.39 is 47.7 Å². The minimum absolute atomic E-state index is 0.0997. The van der Waals surface area contributed by atoms with Gasteiger partial charge in [0.2, 0.25) is 6.41 Å². The highest BCUT2D eigenvalue weighted by Crippen LogP contribution is 2.27. The lowest BCUT2D eigenvalue weighted by Gasteiger charge is -2.27. The minimum Gasteiger partial charge on any atom is -0.338 e. The highest BCUT2D eigenvalue weighted by molar-refractivity contribution is 6.31. The normalized spacial score (nSPS) is 13.8. The van der Waals surface area contributed by atoms with E-state index in [1.807, 2.05) is 0 Å². The molecule has 10 nitrogen and oxygen atoms in total. The number of rotatable bonds is 9. The number of nitrogens with zero attached hydrogens (tertiary/aromatic N) is 5. The molecule has 1 aromatic carbocycles. The molecule has 202 valence electrons. The molecule has 1 aliphatic heterocycles. The van der Waals surface area contributed by atoms with Gasteiger partial charge in [-0.3, -0.25) is 19.1 Å². The van der Waals surface area contributed by atoms with Crippen LogP contribution in [0.5, 0.6) is 0 Å². The summed E-state index contributed by atoms with van der Waals surface area (Å²) in [4.78, 5) is 44.0. The Morgan fingerprint density at radius 3 is 2.65 bits per heavy atom. The molecule has 0 fully saturated rings. The second-order valence-corrected chi connectivity index (χ2v) is 8.75. The molecule has 0 radical (unpaired) electrons. The van der Waals surface area contributed by atoms with E-state index >= 15 is 0 Å². The molecule has 0 saturated heterocycles. The topological polar surface area (TPSA) is 100 Å². The Morgan fingerprint density at radius 1 is 1.30 bits per heavy atom. The monoisotopic (exact) mass is 548 g/mol. The molecule has 0 aliphatic carbocycles. The maximum Gasteiger partial charge on any atom is 0.322 e. The lowest BCUT2D eigenvalue weighted by molar-refractivity contribution is -0.195. The molecule has 37 heavy (non-hydrogen) atoms. The fourth-order valence-electron chi connectivity index (χ4n) is 3.81. The van der Waals surface area contributed by atoms with Gasteiger partial charge in [0, 0.05) is 38.3 Å². The molecule has 4 amide bonds. The van der Waals surface area contributed by atoms with Crippen LogP contribution >= 0.6 is 11.6 Å². The number of nitrogens with one attached hydrogen (secondary N) is 1. The molecule has 0 saturated carbocycles. The first kappa shape index (κ1) is 28.2. The quantitative estimate of drug-likeness (QED) is 0.225. The average Bonchev–Trinajstić information content (AvgIpc) is 3.17. The molecular formula is C22H25ClF4N6O4. The second kappa shape index (κ2) is 11.8. The van der Waals surface area contributed by atoms with Crippen molar-refractivity contribution in [3.8, 4) is 0 Å². The van der Waals surface area contributed by atoms with Crippen LogP contribution in [-0.2, 0) is 33.9 Å². The van der Waals surface area contributed by atoms with Crippen LogP contribution in [0.3, 0.4) is 0 Å². The average molecular weight is 549 g/mol. The summed E-state index contributed by atoms with van der Waals surface area (Å²) in [6, 6.07) is 1.35. The maximum absolute atomic E-state index is 14.2. The van der Waals surface area contributed by atoms with Crippen LogP contribution in [0.4, 0.5) is 28.0 Å². The zero-order chi connectivity index (χ0) is 27.4. The first-order valence-electron chi connectivity index (χ1n) is 11.1. The minimum atomic E-state index is -2.76. The second-order valence-electron chi connectivity index (χ2n) is 8.37. The number of alkyl halides is 2. The van der Waals surface area contributed by atoms with Crippen molar-refractivity contribution in [1.29, 1.82) is 0 Å². The number of hydroxylamine groups is 2. The number of fused-ring (bicyclic) bond motifs is 1. The molecule has 2 heterocycles. The van der Waals surface area contributed by atoms with Gasteiger partial charge in [-0.05, 0) is 19.1 Å². The Hall–Kier alpha value is -3.39. The summed E-state index contributed by atoms with van der Waals surface area (Å²) in [5, 5.41) is 6.86. The van der Waals surface area contributed by atoms with E-state index in [2.05, 4.69) is 10.4 Å². The van der Waals surface area contributed by atoms with Crippen molar-refractivity contribution in [2.45, 2.75) is 39.0 Å². The van der Waals surface area contributed by atoms with Crippen LogP contribution in [-0.4, -0.2) is 82.7 Å². The third kappa shape index (κ3) is 6.49. The largest absolute Gasteiger partial charge is 0.338 e. The zero-order valence-electron chi connectivity index (χ0n) is 20.2. The van der Waals surface area contributed by atoms with Crippen LogP contribution in [0.1, 0.15) is 17.0 Å². The third-order valence-corrected chi connectivity index (χ3v) is 6.14. The summed E-state index contributed by atoms with van der Waals surface area (Å²) in [5.41, 5.74) is 1.62.